The van der Waals surface area contributed by atoms with Gasteiger partial charge in [-0.15, -0.1) is 0 Å². The highest BCUT2D eigenvalue weighted by Gasteiger charge is 2.50. The van der Waals surface area contributed by atoms with Gasteiger partial charge >= 0.3 is 6.09 Å². The summed E-state index contributed by atoms with van der Waals surface area (Å²) in [6, 6.07) is 0. The number of nitrogens with zero attached hydrogens (tertiary/aromatic N) is 21. The first-order valence-corrected chi connectivity index (χ1v) is 32.0. The number of likely N-dealkylation sites (N-methyl/N-ethyl adjacent to an activating group) is 2. The summed E-state index contributed by atoms with van der Waals surface area (Å²) < 4.78 is 42.0. The minimum Gasteiger partial charge on any atom is -0.452 e. The van der Waals surface area contributed by atoms with Crippen molar-refractivity contribution in [3.63, 3.8) is 0 Å². The fourth-order valence-electron chi connectivity index (χ4n) is 11.8. The molecule has 0 aromatic carbocycles. The van der Waals surface area contributed by atoms with Crippen LogP contribution in [0.1, 0.15) is 153 Å². The highest BCUT2D eigenvalue weighted by molar-refractivity contribution is 7.94. The van der Waals surface area contributed by atoms with Gasteiger partial charge in [0.05, 0.1) is 128 Å². The van der Waals surface area contributed by atoms with Gasteiger partial charge in [0.15, 0.2) is 0 Å². The lowest BCUT2D eigenvalue weighted by molar-refractivity contribution is -0.121. The molecule has 0 aliphatic carbocycles. The highest BCUT2D eigenvalue weighted by atomic mass is 32.2. The molecule has 7 aliphatic rings. The molecule has 0 bridgehead atoms. The number of hydrogen-bond donors (Lipinski definition) is 0. The third-order valence-corrected chi connectivity index (χ3v) is 21.9. The summed E-state index contributed by atoms with van der Waals surface area (Å²) in [6.07, 6.45) is 22.1. The van der Waals surface area contributed by atoms with Gasteiger partial charge in [-0.25, -0.2) is 87.2 Å². The van der Waals surface area contributed by atoms with Crippen LogP contribution in [0.4, 0.5) is 33.2 Å². The molecule has 7 aliphatic heterocycles. The van der Waals surface area contributed by atoms with Crippen molar-refractivity contribution in [2.24, 2.45) is 0 Å². The van der Waals surface area contributed by atoms with E-state index in [2.05, 4.69) is 121 Å². The maximum absolute atomic E-state index is 11.9. The molecule has 0 N–H and O–H groups in total. The molecule has 7 aromatic rings. The smallest absolute Gasteiger partial charge is 0.414 e. The summed E-state index contributed by atoms with van der Waals surface area (Å²) in [6.45, 7) is 30.3. The van der Waals surface area contributed by atoms with Crippen LogP contribution in [0.3, 0.4) is 0 Å². The second kappa shape index (κ2) is 25.4. The Hall–Kier alpha value is -8.77. The fraction of sp³-hybridized carbons (Fsp3) is 0.500. The van der Waals surface area contributed by atoms with Crippen molar-refractivity contribution < 1.29 is 31.7 Å². The number of carbonyl (C=O) groups excluding carboxylic acids is 3. The molecular formula is C62H83N21O7S2. The van der Waals surface area contributed by atoms with Crippen LogP contribution in [-0.4, -0.2) is 173 Å². The molecule has 490 valence electrons. The van der Waals surface area contributed by atoms with Crippen LogP contribution in [0.5, 0.6) is 0 Å². The standard InChI is InChI=1S/C10H13N3O2.2C9H11N3O.2C9H13N3.C8H11N3O2S.C8H11N3OS/c1-10(2)5-13(9(14)15-3)7-4-11-6-12-8(7)10;1-9(2)7-6(4-10-5-11-7)12(3)8(9)13;1-9(2)7-6(4-10-5-11-7)8(13)12(9)3;1-9(2)5-12(3)7-4-10-6-11-8(7)9;1-9(2)8-7(5-12(9)3)4-10-6-11-8;1-8(2)7-6(4-9-5-10-7)11(3)14(8,12)13;1-8(2)7-6(4-9-5-10-7)11(3)13(8)12/h4,6H,5H2,1-3H3;2*4-5H,1-3H3;2*4,6H,5H2,1-3H3;4-5H,1-3H3;4-5H,1-3H3. The van der Waals surface area contributed by atoms with E-state index in [1.165, 1.54) is 78.9 Å². The molecule has 0 saturated carbocycles. The van der Waals surface area contributed by atoms with Gasteiger partial charge in [-0.05, 0) is 76.3 Å². The van der Waals surface area contributed by atoms with Gasteiger partial charge in [0, 0.05) is 83.7 Å². The zero-order chi connectivity index (χ0) is 68.1. The molecule has 3 amide bonds. The number of rotatable bonds is 0. The first-order valence-electron chi connectivity index (χ1n) is 29.4. The molecule has 14 heterocycles. The Morgan fingerprint density at radius 1 is 0.511 bits per heavy atom. The number of hydrogen-bond acceptors (Lipinski definition) is 23. The first kappa shape index (κ1) is 69.1. The predicted molar refractivity (Wildman–Crippen MR) is 349 cm³/mol. The molecule has 0 spiro atoms. The summed E-state index contributed by atoms with van der Waals surface area (Å²) in [7, 11) is 8.04. The number of amides is 3. The lowest BCUT2D eigenvalue weighted by Gasteiger charge is -2.27. The SMILES string of the molecule is CN1C(=O)C(C)(C)c2ncncc21.CN1C(=O)c2cncnc2C1(C)C.CN1CC(C)(C)c2ncncc21.CN1Cc2cncnc2C1(C)C.CN1c2cncnc2C(C)(C)S1(=O)=O.CN1c2cncnc2C(C)(C)S1=O.COC(=O)N1CC(C)(C)c2ncncc21. The average Bonchev–Trinajstić information content (AvgIpc) is 1.58. The van der Waals surface area contributed by atoms with Crippen LogP contribution >= 0.6 is 0 Å². The quantitative estimate of drug-likeness (QED) is 0.155. The van der Waals surface area contributed by atoms with E-state index < -0.39 is 35.9 Å². The molecule has 28 nitrogen and oxygen atoms in total. The summed E-state index contributed by atoms with van der Waals surface area (Å²) in [5.41, 5.74) is 11.6. The third-order valence-electron chi connectivity index (χ3n) is 17.7. The second-order valence-electron chi connectivity index (χ2n) is 26.7. The summed E-state index contributed by atoms with van der Waals surface area (Å²) >= 11 is 0. The minimum absolute atomic E-state index is 0.000556. The number of anilines is 5. The fourth-order valence-corrected chi connectivity index (χ4v) is 14.6. The van der Waals surface area contributed by atoms with Crippen LogP contribution in [0.25, 0.3) is 0 Å². The van der Waals surface area contributed by atoms with Crippen LogP contribution in [0, 0.1) is 0 Å². The van der Waals surface area contributed by atoms with Crippen molar-refractivity contribution in [2.45, 2.75) is 140 Å². The molecule has 92 heavy (non-hydrogen) atoms. The molecule has 1 atom stereocenters. The Morgan fingerprint density at radius 2 is 0.957 bits per heavy atom. The predicted octanol–water partition coefficient (Wildman–Crippen LogP) is 6.55. The minimum atomic E-state index is -3.33. The number of fused-ring (bicyclic) bond motifs is 7. The highest BCUT2D eigenvalue weighted by Crippen LogP contribution is 2.45. The van der Waals surface area contributed by atoms with Gasteiger partial charge in [0.1, 0.15) is 64.8 Å². The van der Waals surface area contributed by atoms with E-state index in [9.17, 15) is 27.0 Å². The van der Waals surface area contributed by atoms with Gasteiger partial charge < -0.3 is 19.4 Å². The normalized spacial score (nSPS) is 20.3. The van der Waals surface area contributed by atoms with Crippen molar-refractivity contribution in [1.82, 2.24) is 79.6 Å². The lowest BCUT2D eigenvalue weighted by atomic mass is 9.91. The maximum Gasteiger partial charge on any atom is 0.414 e. The molecular weight excluding hydrogens is 1210 g/mol. The summed E-state index contributed by atoms with van der Waals surface area (Å²) in [5, 5.41) is 0. The number of ether oxygens (including phenoxy) is 1. The van der Waals surface area contributed by atoms with Gasteiger partial charge in [0.2, 0.25) is 15.9 Å². The van der Waals surface area contributed by atoms with Crippen LogP contribution in [0.15, 0.2) is 87.7 Å². The van der Waals surface area contributed by atoms with Crippen molar-refractivity contribution >= 4 is 67.4 Å². The number of carbonyl (C=O) groups is 3. The van der Waals surface area contributed by atoms with Crippen LogP contribution < -0.4 is 23.3 Å². The average molecular weight is 1300 g/mol. The van der Waals surface area contributed by atoms with Crippen molar-refractivity contribution in [3.05, 3.63) is 139 Å². The van der Waals surface area contributed by atoms with Crippen molar-refractivity contribution in [1.29, 1.82) is 0 Å². The number of methoxy groups -OCH3 is 1. The summed E-state index contributed by atoms with van der Waals surface area (Å²) in [4.78, 5) is 101. The van der Waals surface area contributed by atoms with E-state index in [-0.39, 0.29) is 39.8 Å². The van der Waals surface area contributed by atoms with E-state index in [4.69, 9.17) is 4.74 Å². The maximum atomic E-state index is 11.9. The van der Waals surface area contributed by atoms with Crippen LogP contribution in [0.2, 0.25) is 0 Å². The van der Waals surface area contributed by atoms with E-state index >= 15 is 0 Å². The molecule has 0 saturated heterocycles. The van der Waals surface area contributed by atoms with Gasteiger partial charge in [0.25, 0.3) is 5.91 Å². The molecule has 1 unspecified atom stereocenters. The molecule has 30 heteroatoms. The van der Waals surface area contributed by atoms with E-state index in [0.717, 1.165) is 52.9 Å². The third kappa shape index (κ3) is 12.4. The van der Waals surface area contributed by atoms with Gasteiger partial charge in [-0.3, -0.25) is 28.0 Å². The first-order chi connectivity index (χ1) is 42.8. The largest absolute Gasteiger partial charge is 0.452 e. The van der Waals surface area contributed by atoms with Crippen LogP contribution in [-0.2, 0) is 73.9 Å². The second-order valence-corrected chi connectivity index (χ2v) is 31.3. The molecule has 14 rings (SSSR count). The molecule has 0 fully saturated rings. The van der Waals surface area contributed by atoms with E-state index in [1.54, 1.807) is 91.4 Å². The van der Waals surface area contributed by atoms with Crippen molar-refractivity contribution in [2.75, 3.05) is 85.8 Å². The zero-order valence-electron chi connectivity index (χ0n) is 56.3. The van der Waals surface area contributed by atoms with E-state index in [1.807, 2.05) is 67.8 Å². The Balaban J connectivity index is 0.000000138. The molecule has 7 aromatic heterocycles. The topological polar surface area (TPSA) is 315 Å². The van der Waals surface area contributed by atoms with Gasteiger partial charge in [-0.2, -0.15) is 0 Å². The Labute approximate surface area is 540 Å². The van der Waals surface area contributed by atoms with Gasteiger partial charge in [-0.1, -0.05) is 27.7 Å². The van der Waals surface area contributed by atoms with Crippen molar-refractivity contribution in [3.8, 4) is 0 Å². The Morgan fingerprint density at radius 3 is 1.47 bits per heavy atom. The molecule has 0 radical (unpaired) electrons. The lowest BCUT2D eigenvalue weighted by Crippen LogP contribution is -2.35. The number of sulfonamides is 1. The summed E-state index contributed by atoms with van der Waals surface area (Å²) in [5.74, 6) is 0.0728. The Kier molecular flexibility index (Phi) is 19.1. The monoisotopic (exact) mass is 1300 g/mol. The zero-order valence-corrected chi connectivity index (χ0v) is 57.9. The van der Waals surface area contributed by atoms with E-state index in [0.29, 0.717) is 23.5 Å². The number of aromatic nitrogens is 14. The Bertz CT molecular complexity index is 4000.